The van der Waals surface area contributed by atoms with E-state index in [9.17, 15) is 4.79 Å². The van der Waals surface area contributed by atoms with E-state index in [0.717, 1.165) is 24.2 Å². The van der Waals surface area contributed by atoms with Gasteiger partial charge in [0.2, 0.25) is 5.95 Å². The maximum atomic E-state index is 12.1. The predicted molar refractivity (Wildman–Crippen MR) is 99.5 cm³/mol. The SMILES string of the molecule is CC(=O)[C@]1(Nc2nccc(-c3ccc4ccccc4c3)n2)CCNC1. The molecule has 4 rings (SSSR count). The fourth-order valence-electron chi connectivity index (χ4n) is 3.33. The number of ketones is 1. The zero-order valence-corrected chi connectivity index (χ0v) is 14.1. The average Bonchev–Trinajstić information content (AvgIpc) is 3.11. The predicted octanol–water partition coefficient (Wildman–Crippen LogP) is 3.03. The van der Waals surface area contributed by atoms with Crippen molar-refractivity contribution in [2.75, 3.05) is 18.4 Å². The van der Waals surface area contributed by atoms with Crippen LogP contribution in [0.25, 0.3) is 22.0 Å². The van der Waals surface area contributed by atoms with Crippen LogP contribution in [0, 0.1) is 0 Å². The number of Topliss-reactive ketones (excluding diaryl/α,β-unsaturated/α-hetero) is 1. The molecule has 0 spiro atoms. The molecule has 5 heteroatoms. The molecule has 25 heavy (non-hydrogen) atoms. The van der Waals surface area contributed by atoms with Crippen molar-refractivity contribution in [2.24, 2.45) is 0 Å². The van der Waals surface area contributed by atoms with E-state index >= 15 is 0 Å². The van der Waals surface area contributed by atoms with Gasteiger partial charge in [0.05, 0.1) is 5.69 Å². The molecule has 3 aromatic rings. The molecule has 0 unspecified atom stereocenters. The van der Waals surface area contributed by atoms with Crippen molar-refractivity contribution in [3.63, 3.8) is 0 Å². The Morgan fingerprint density at radius 2 is 2.00 bits per heavy atom. The van der Waals surface area contributed by atoms with E-state index in [1.165, 1.54) is 10.8 Å². The van der Waals surface area contributed by atoms with E-state index < -0.39 is 5.54 Å². The van der Waals surface area contributed by atoms with Gasteiger partial charge in [-0.3, -0.25) is 4.79 Å². The van der Waals surface area contributed by atoms with Crippen LogP contribution in [0.1, 0.15) is 13.3 Å². The van der Waals surface area contributed by atoms with Gasteiger partial charge in [-0.05, 0) is 42.8 Å². The number of nitrogens with one attached hydrogen (secondary N) is 2. The lowest BCUT2D eigenvalue weighted by atomic mass is 9.94. The highest BCUT2D eigenvalue weighted by atomic mass is 16.1. The van der Waals surface area contributed by atoms with Gasteiger partial charge in [-0.2, -0.15) is 0 Å². The third kappa shape index (κ3) is 2.98. The molecule has 0 amide bonds. The minimum Gasteiger partial charge on any atom is -0.340 e. The number of aromatic nitrogens is 2. The fourth-order valence-corrected chi connectivity index (χ4v) is 3.33. The van der Waals surface area contributed by atoms with E-state index in [4.69, 9.17) is 0 Å². The minimum atomic E-state index is -0.609. The zero-order valence-electron chi connectivity index (χ0n) is 14.1. The quantitative estimate of drug-likeness (QED) is 0.769. The molecule has 0 radical (unpaired) electrons. The first kappa shape index (κ1) is 15.7. The highest BCUT2D eigenvalue weighted by Crippen LogP contribution is 2.25. The van der Waals surface area contributed by atoms with Gasteiger partial charge in [-0.15, -0.1) is 0 Å². The van der Waals surface area contributed by atoms with Gasteiger partial charge in [0, 0.05) is 18.3 Å². The molecule has 2 N–H and O–H groups in total. The van der Waals surface area contributed by atoms with Gasteiger partial charge in [-0.25, -0.2) is 9.97 Å². The largest absolute Gasteiger partial charge is 0.340 e. The molecule has 0 saturated carbocycles. The van der Waals surface area contributed by atoms with Gasteiger partial charge >= 0.3 is 0 Å². The van der Waals surface area contributed by atoms with Crippen LogP contribution in [-0.2, 0) is 4.79 Å². The molecule has 2 heterocycles. The zero-order chi connectivity index (χ0) is 17.3. The van der Waals surface area contributed by atoms with Crippen LogP contribution in [0.5, 0.6) is 0 Å². The molecule has 1 saturated heterocycles. The first-order valence-electron chi connectivity index (χ1n) is 8.48. The topological polar surface area (TPSA) is 66.9 Å². The Kier molecular flexibility index (Phi) is 3.93. The third-order valence-corrected chi connectivity index (χ3v) is 4.88. The summed E-state index contributed by atoms with van der Waals surface area (Å²) in [6, 6.07) is 16.4. The maximum absolute atomic E-state index is 12.1. The van der Waals surface area contributed by atoms with Gasteiger partial charge < -0.3 is 10.6 Å². The molecule has 1 aliphatic heterocycles. The second-order valence-electron chi connectivity index (χ2n) is 6.52. The Morgan fingerprint density at radius 1 is 1.16 bits per heavy atom. The number of hydrogen-bond donors (Lipinski definition) is 2. The molecular formula is C20H20N4O. The number of benzene rings is 2. The molecule has 1 atom stereocenters. The molecule has 5 nitrogen and oxygen atoms in total. The number of hydrogen-bond acceptors (Lipinski definition) is 5. The van der Waals surface area contributed by atoms with Crippen molar-refractivity contribution < 1.29 is 4.79 Å². The van der Waals surface area contributed by atoms with Crippen molar-refractivity contribution in [1.82, 2.24) is 15.3 Å². The van der Waals surface area contributed by atoms with E-state index in [2.05, 4.69) is 50.9 Å². The average molecular weight is 332 g/mol. The maximum Gasteiger partial charge on any atom is 0.224 e. The molecule has 2 aromatic carbocycles. The molecule has 1 fully saturated rings. The van der Waals surface area contributed by atoms with Crippen LogP contribution in [0.2, 0.25) is 0 Å². The number of nitrogens with zero attached hydrogens (tertiary/aromatic N) is 2. The summed E-state index contributed by atoms with van der Waals surface area (Å²) in [5.41, 5.74) is 1.26. The Hall–Kier alpha value is -2.79. The summed E-state index contributed by atoms with van der Waals surface area (Å²) < 4.78 is 0. The van der Waals surface area contributed by atoms with Crippen molar-refractivity contribution in [3.05, 3.63) is 54.7 Å². The Labute approximate surface area is 146 Å². The van der Waals surface area contributed by atoms with E-state index in [1.807, 2.05) is 18.2 Å². The molecule has 0 aliphatic carbocycles. The van der Waals surface area contributed by atoms with Crippen LogP contribution < -0.4 is 10.6 Å². The lowest BCUT2D eigenvalue weighted by molar-refractivity contribution is -0.120. The summed E-state index contributed by atoms with van der Waals surface area (Å²) in [6.07, 6.45) is 2.47. The molecule has 1 aliphatic rings. The van der Waals surface area contributed by atoms with Crippen LogP contribution in [0.4, 0.5) is 5.95 Å². The Balaban J connectivity index is 1.67. The monoisotopic (exact) mass is 332 g/mol. The smallest absolute Gasteiger partial charge is 0.224 e. The van der Waals surface area contributed by atoms with Crippen LogP contribution in [0.3, 0.4) is 0 Å². The molecule has 126 valence electrons. The van der Waals surface area contributed by atoms with Gasteiger partial charge in [0.1, 0.15) is 5.54 Å². The lowest BCUT2D eigenvalue weighted by Gasteiger charge is -2.26. The van der Waals surface area contributed by atoms with Crippen LogP contribution in [-0.4, -0.2) is 34.4 Å². The van der Waals surface area contributed by atoms with Crippen molar-refractivity contribution in [2.45, 2.75) is 18.9 Å². The van der Waals surface area contributed by atoms with Crippen molar-refractivity contribution in [1.29, 1.82) is 0 Å². The Bertz CT molecular complexity index is 932. The fraction of sp³-hybridized carbons (Fsp3) is 0.250. The summed E-state index contributed by atoms with van der Waals surface area (Å²) in [7, 11) is 0. The first-order valence-corrected chi connectivity index (χ1v) is 8.48. The normalized spacial score (nSPS) is 19.9. The summed E-state index contributed by atoms with van der Waals surface area (Å²) in [4.78, 5) is 21.1. The number of fused-ring (bicyclic) bond motifs is 1. The molecular weight excluding hydrogens is 312 g/mol. The van der Waals surface area contributed by atoms with Crippen molar-refractivity contribution >= 4 is 22.5 Å². The summed E-state index contributed by atoms with van der Waals surface area (Å²) in [5.74, 6) is 0.599. The number of carbonyl (C=O) groups is 1. The number of carbonyl (C=O) groups excluding carboxylic acids is 1. The third-order valence-electron chi connectivity index (χ3n) is 4.88. The summed E-state index contributed by atoms with van der Waals surface area (Å²) >= 11 is 0. The molecule has 0 bridgehead atoms. The van der Waals surface area contributed by atoms with E-state index in [-0.39, 0.29) is 5.78 Å². The number of anilines is 1. The highest BCUT2D eigenvalue weighted by Gasteiger charge is 2.39. The minimum absolute atomic E-state index is 0.109. The first-order chi connectivity index (χ1) is 12.2. The highest BCUT2D eigenvalue weighted by molar-refractivity contribution is 5.90. The standard InChI is InChI=1S/C20H20N4O/c1-14(25)20(9-11-21-13-20)24-19-22-10-8-18(23-19)17-7-6-15-4-2-3-5-16(15)12-17/h2-8,10,12,21H,9,11,13H2,1H3,(H,22,23,24)/t20-/m0/s1. The summed E-state index contributed by atoms with van der Waals surface area (Å²) in [6.45, 7) is 3.04. The second-order valence-corrected chi connectivity index (χ2v) is 6.52. The number of rotatable bonds is 4. The lowest BCUT2D eigenvalue weighted by Crippen LogP contribution is -2.47. The van der Waals surface area contributed by atoms with Gasteiger partial charge in [-0.1, -0.05) is 36.4 Å². The van der Waals surface area contributed by atoms with Crippen molar-refractivity contribution in [3.8, 4) is 11.3 Å². The van der Waals surface area contributed by atoms with Crippen LogP contribution in [0.15, 0.2) is 54.7 Å². The van der Waals surface area contributed by atoms with Gasteiger partial charge in [0.15, 0.2) is 5.78 Å². The Morgan fingerprint density at radius 3 is 2.76 bits per heavy atom. The summed E-state index contributed by atoms with van der Waals surface area (Å²) in [5, 5.41) is 8.88. The molecule has 1 aromatic heterocycles. The van der Waals surface area contributed by atoms with E-state index in [0.29, 0.717) is 12.5 Å². The van der Waals surface area contributed by atoms with E-state index in [1.54, 1.807) is 13.1 Å². The van der Waals surface area contributed by atoms with Crippen LogP contribution >= 0.6 is 0 Å². The second kappa shape index (κ2) is 6.26. The van der Waals surface area contributed by atoms with Gasteiger partial charge in [0.25, 0.3) is 0 Å².